The number of carbonyl (C=O) groups is 1. The fraction of sp³-hybridized carbons (Fsp3) is 0.240. The molecule has 0 atom stereocenters. The third-order valence-corrected chi connectivity index (χ3v) is 5.13. The van der Waals surface area contributed by atoms with Crippen molar-refractivity contribution in [1.29, 1.82) is 0 Å². The number of fused-ring (bicyclic) bond motifs is 1. The lowest BCUT2D eigenvalue weighted by Gasteiger charge is -2.11. The van der Waals surface area contributed by atoms with E-state index in [1.807, 2.05) is 62.7 Å². The summed E-state index contributed by atoms with van der Waals surface area (Å²) in [5, 5.41) is 8.04. The molecule has 4 rings (SSSR count). The first-order chi connectivity index (χ1) is 15.3. The number of nitrogens with one attached hydrogen (secondary N) is 1. The van der Waals surface area contributed by atoms with Gasteiger partial charge in [-0.3, -0.25) is 9.48 Å². The van der Waals surface area contributed by atoms with E-state index in [9.17, 15) is 9.59 Å². The van der Waals surface area contributed by atoms with Gasteiger partial charge < -0.3 is 14.5 Å². The van der Waals surface area contributed by atoms with Crippen molar-refractivity contribution in [2.45, 2.75) is 40.3 Å². The van der Waals surface area contributed by atoms with E-state index in [2.05, 4.69) is 10.4 Å². The zero-order valence-corrected chi connectivity index (χ0v) is 18.5. The molecule has 2 aromatic heterocycles. The molecule has 0 saturated carbocycles. The molecule has 0 aliphatic heterocycles. The molecule has 0 spiro atoms. The second kappa shape index (κ2) is 8.70. The van der Waals surface area contributed by atoms with Gasteiger partial charge in [-0.15, -0.1) is 0 Å². The summed E-state index contributed by atoms with van der Waals surface area (Å²) in [7, 11) is 0. The molecule has 164 valence electrons. The van der Waals surface area contributed by atoms with Gasteiger partial charge in [0.15, 0.2) is 0 Å². The summed E-state index contributed by atoms with van der Waals surface area (Å²) in [5.74, 6) is 0.174. The highest BCUT2D eigenvalue weighted by Crippen LogP contribution is 2.26. The summed E-state index contributed by atoms with van der Waals surface area (Å²) in [6.07, 6.45) is -0.0240. The van der Waals surface area contributed by atoms with E-state index in [0.717, 1.165) is 11.3 Å². The Morgan fingerprint density at radius 3 is 2.59 bits per heavy atom. The number of nitrogens with zero attached hydrogens (tertiary/aromatic N) is 2. The normalized spacial score (nSPS) is 11.2. The van der Waals surface area contributed by atoms with Crippen molar-refractivity contribution in [3.63, 3.8) is 0 Å². The van der Waals surface area contributed by atoms with Crippen LogP contribution < -0.4 is 15.7 Å². The first kappa shape index (κ1) is 21.4. The largest absolute Gasteiger partial charge is 0.491 e. The second-order valence-electron chi connectivity index (χ2n) is 7.95. The predicted molar refractivity (Wildman–Crippen MR) is 123 cm³/mol. The van der Waals surface area contributed by atoms with E-state index in [4.69, 9.17) is 9.15 Å². The molecule has 7 heteroatoms. The van der Waals surface area contributed by atoms with Crippen LogP contribution in [-0.2, 0) is 6.54 Å². The maximum Gasteiger partial charge on any atom is 0.337 e. The minimum absolute atomic E-state index is 0.0240. The number of carbonyl (C=O) groups excluding carboxylic acids is 1. The molecular formula is C25H25N3O4. The molecular weight excluding hydrogens is 406 g/mol. The molecule has 0 aliphatic carbocycles. The van der Waals surface area contributed by atoms with E-state index in [1.54, 1.807) is 18.2 Å². The van der Waals surface area contributed by atoms with Crippen LogP contribution in [-0.4, -0.2) is 21.8 Å². The Morgan fingerprint density at radius 2 is 1.88 bits per heavy atom. The summed E-state index contributed by atoms with van der Waals surface area (Å²) in [4.78, 5) is 25.3. The van der Waals surface area contributed by atoms with Crippen molar-refractivity contribution < 1.29 is 13.9 Å². The molecule has 0 unspecified atom stereocenters. The van der Waals surface area contributed by atoms with Gasteiger partial charge in [0.25, 0.3) is 5.91 Å². The summed E-state index contributed by atoms with van der Waals surface area (Å²) in [5.41, 5.74) is 3.22. The minimum Gasteiger partial charge on any atom is -0.491 e. The molecule has 4 aromatic rings. The number of aryl methyl sites for hydroxylation is 1. The highest BCUT2D eigenvalue weighted by atomic mass is 16.5. The average Bonchev–Trinajstić information content (AvgIpc) is 3.00. The lowest BCUT2D eigenvalue weighted by atomic mass is 10.1. The number of ether oxygens (including phenoxy) is 1. The monoisotopic (exact) mass is 431 g/mol. The SMILES string of the molecule is Cc1nn(Cc2ccccc2)c(C)c1NC(=O)c1cc(=O)oc2cc(OC(C)C)ccc12. The van der Waals surface area contributed by atoms with Gasteiger partial charge in [-0.2, -0.15) is 5.10 Å². The first-order valence-electron chi connectivity index (χ1n) is 10.5. The van der Waals surface area contributed by atoms with Crippen LogP contribution in [0.25, 0.3) is 11.0 Å². The number of rotatable bonds is 6. The average molecular weight is 431 g/mol. The van der Waals surface area contributed by atoms with Crippen molar-refractivity contribution in [2.75, 3.05) is 5.32 Å². The van der Waals surface area contributed by atoms with Crippen LogP contribution in [0.1, 0.15) is 41.2 Å². The zero-order chi connectivity index (χ0) is 22.8. The molecule has 1 amide bonds. The van der Waals surface area contributed by atoms with E-state index < -0.39 is 11.5 Å². The van der Waals surface area contributed by atoms with Crippen molar-refractivity contribution in [3.8, 4) is 5.75 Å². The maximum absolute atomic E-state index is 13.2. The van der Waals surface area contributed by atoms with Gasteiger partial charge in [0.2, 0.25) is 0 Å². The van der Waals surface area contributed by atoms with Gasteiger partial charge in [0.05, 0.1) is 35.3 Å². The van der Waals surface area contributed by atoms with Gasteiger partial charge in [-0.25, -0.2) is 4.79 Å². The van der Waals surface area contributed by atoms with E-state index in [0.29, 0.717) is 34.6 Å². The fourth-order valence-electron chi connectivity index (χ4n) is 3.65. The first-order valence-corrected chi connectivity index (χ1v) is 10.5. The van der Waals surface area contributed by atoms with E-state index >= 15 is 0 Å². The summed E-state index contributed by atoms with van der Waals surface area (Å²) >= 11 is 0. The third kappa shape index (κ3) is 4.42. The summed E-state index contributed by atoms with van der Waals surface area (Å²) < 4.78 is 12.8. The lowest BCUT2D eigenvalue weighted by Crippen LogP contribution is -2.16. The van der Waals surface area contributed by atoms with Crippen molar-refractivity contribution in [2.24, 2.45) is 0 Å². The van der Waals surface area contributed by atoms with Crippen LogP contribution in [0.3, 0.4) is 0 Å². The maximum atomic E-state index is 13.2. The number of amides is 1. The lowest BCUT2D eigenvalue weighted by molar-refractivity contribution is 0.102. The van der Waals surface area contributed by atoms with Gasteiger partial charge in [-0.1, -0.05) is 30.3 Å². The molecule has 0 radical (unpaired) electrons. The Hall–Kier alpha value is -3.87. The molecule has 2 heterocycles. The van der Waals surface area contributed by atoms with Crippen LogP contribution in [0.4, 0.5) is 5.69 Å². The van der Waals surface area contributed by atoms with E-state index in [-0.39, 0.29) is 11.7 Å². The minimum atomic E-state index is -0.599. The number of hydrogen-bond donors (Lipinski definition) is 1. The van der Waals surface area contributed by atoms with Crippen LogP contribution in [0, 0.1) is 13.8 Å². The highest BCUT2D eigenvalue weighted by Gasteiger charge is 2.19. The Morgan fingerprint density at radius 1 is 1.12 bits per heavy atom. The fourth-order valence-corrected chi connectivity index (χ4v) is 3.65. The van der Waals surface area contributed by atoms with Crippen molar-refractivity contribution in [3.05, 3.63) is 87.5 Å². The van der Waals surface area contributed by atoms with Crippen molar-refractivity contribution >= 4 is 22.6 Å². The molecule has 7 nitrogen and oxygen atoms in total. The predicted octanol–water partition coefficient (Wildman–Crippen LogP) is 4.69. The van der Waals surface area contributed by atoms with E-state index in [1.165, 1.54) is 6.07 Å². The molecule has 0 fully saturated rings. The van der Waals surface area contributed by atoms with Gasteiger partial charge in [-0.05, 0) is 45.4 Å². The standard InChI is InChI=1S/C25H25N3O4/c1-15(2)31-19-10-11-20-21(13-23(29)32-22(20)12-19)25(30)26-24-16(3)27-28(17(24)4)14-18-8-6-5-7-9-18/h5-13,15H,14H2,1-4H3,(H,26,30). The quantitative estimate of drug-likeness (QED) is 0.448. The number of aromatic nitrogens is 2. The van der Waals surface area contributed by atoms with Gasteiger partial charge in [0.1, 0.15) is 11.3 Å². The zero-order valence-electron chi connectivity index (χ0n) is 18.5. The molecule has 2 aromatic carbocycles. The molecule has 0 saturated heterocycles. The number of hydrogen-bond acceptors (Lipinski definition) is 5. The van der Waals surface area contributed by atoms with Crippen LogP contribution >= 0.6 is 0 Å². The molecule has 32 heavy (non-hydrogen) atoms. The van der Waals surface area contributed by atoms with Crippen LogP contribution in [0.2, 0.25) is 0 Å². The molecule has 0 aliphatic rings. The van der Waals surface area contributed by atoms with Gasteiger partial charge >= 0.3 is 5.63 Å². The molecule has 0 bridgehead atoms. The summed E-state index contributed by atoms with van der Waals surface area (Å²) in [6.45, 7) is 8.17. The van der Waals surface area contributed by atoms with Crippen molar-refractivity contribution in [1.82, 2.24) is 9.78 Å². The Balaban J connectivity index is 1.65. The van der Waals surface area contributed by atoms with Crippen LogP contribution in [0.15, 0.2) is 63.8 Å². The third-order valence-electron chi connectivity index (χ3n) is 5.13. The van der Waals surface area contributed by atoms with Gasteiger partial charge in [0, 0.05) is 17.5 Å². The summed E-state index contributed by atoms with van der Waals surface area (Å²) in [6, 6.07) is 16.3. The number of benzene rings is 2. The Labute approximate surface area is 185 Å². The number of anilines is 1. The second-order valence-corrected chi connectivity index (χ2v) is 7.95. The smallest absolute Gasteiger partial charge is 0.337 e. The topological polar surface area (TPSA) is 86.4 Å². The molecule has 1 N–H and O–H groups in total. The Bertz CT molecular complexity index is 1340. The van der Waals surface area contributed by atoms with Crippen LogP contribution in [0.5, 0.6) is 5.75 Å². The highest BCUT2D eigenvalue weighted by molar-refractivity contribution is 6.12. The Kier molecular flexibility index (Phi) is 5.81.